The Labute approximate surface area is 133 Å². The minimum atomic E-state index is 0.660. The number of ether oxygens (including phenoxy) is 2. The quantitative estimate of drug-likeness (QED) is 0.418. The van der Waals surface area contributed by atoms with Gasteiger partial charge in [-0.05, 0) is 37.8 Å². The molecular weight excluding hydrogens is 278 g/mol. The molecule has 0 radical (unpaired) electrons. The smallest absolute Gasteiger partial charge is 0.195 e. The topological polar surface area (TPSA) is 54.9 Å². The molecular formula is C17H27N3O2. The van der Waals surface area contributed by atoms with Crippen molar-refractivity contribution >= 4 is 11.6 Å². The SMILES string of the molecule is CCNC(=NCC1CC1)Nc1cccc(OCCCOC)c1. The number of guanidine groups is 1. The number of hydrogen-bond donors (Lipinski definition) is 2. The molecule has 1 aromatic rings. The second kappa shape index (κ2) is 9.30. The maximum atomic E-state index is 5.72. The number of nitrogens with one attached hydrogen (secondary N) is 2. The fraction of sp³-hybridized carbons (Fsp3) is 0.588. The van der Waals surface area contributed by atoms with Crippen molar-refractivity contribution in [2.75, 3.05) is 38.7 Å². The number of aliphatic imine (C=N–C) groups is 1. The lowest BCUT2D eigenvalue weighted by molar-refractivity contribution is 0.172. The highest BCUT2D eigenvalue weighted by Gasteiger charge is 2.20. The van der Waals surface area contributed by atoms with Gasteiger partial charge in [0.25, 0.3) is 0 Å². The fourth-order valence-electron chi connectivity index (χ4n) is 2.02. The van der Waals surface area contributed by atoms with Gasteiger partial charge in [0.15, 0.2) is 5.96 Å². The van der Waals surface area contributed by atoms with Crippen molar-refractivity contribution in [3.8, 4) is 5.75 Å². The monoisotopic (exact) mass is 305 g/mol. The molecule has 0 heterocycles. The number of rotatable bonds is 9. The van der Waals surface area contributed by atoms with E-state index in [0.717, 1.165) is 49.4 Å². The molecule has 1 aliphatic rings. The van der Waals surface area contributed by atoms with Crippen LogP contribution >= 0.6 is 0 Å². The first kappa shape index (κ1) is 16.6. The Hall–Kier alpha value is -1.75. The third-order valence-electron chi connectivity index (χ3n) is 3.41. The standard InChI is InChI=1S/C17H27N3O2/c1-3-18-17(19-13-14-8-9-14)20-15-6-4-7-16(12-15)22-11-5-10-21-2/h4,6-7,12,14H,3,5,8-11,13H2,1-2H3,(H2,18,19,20). The van der Waals surface area contributed by atoms with E-state index in [4.69, 9.17) is 9.47 Å². The van der Waals surface area contributed by atoms with Gasteiger partial charge >= 0.3 is 0 Å². The van der Waals surface area contributed by atoms with E-state index in [1.165, 1.54) is 12.8 Å². The molecule has 0 saturated heterocycles. The highest BCUT2D eigenvalue weighted by atomic mass is 16.5. The molecule has 0 spiro atoms. The van der Waals surface area contributed by atoms with Crippen molar-refractivity contribution < 1.29 is 9.47 Å². The molecule has 0 aliphatic heterocycles. The van der Waals surface area contributed by atoms with Gasteiger partial charge < -0.3 is 20.1 Å². The van der Waals surface area contributed by atoms with Crippen molar-refractivity contribution in [1.82, 2.24) is 5.32 Å². The molecule has 5 heteroatoms. The average molecular weight is 305 g/mol. The molecule has 2 rings (SSSR count). The number of hydrogen-bond acceptors (Lipinski definition) is 3. The lowest BCUT2D eigenvalue weighted by Gasteiger charge is -2.12. The molecule has 1 saturated carbocycles. The second-order valence-corrected chi connectivity index (χ2v) is 5.51. The number of benzene rings is 1. The summed E-state index contributed by atoms with van der Waals surface area (Å²) in [7, 11) is 1.70. The van der Waals surface area contributed by atoms with Crippen LogP contribution in [0.15, 0.2) is 29.3 Å². The Morgan fingerprint density at radius 2 is 2.18 bits per heavy atom. The first-order valence-electron chi connectivity index (χ1n) is 8.09. The maximum Gasteiger partial charge on any atom is 0.195 e. The first-order chi connectivity index (χ1) is 10.8. The van der Waals surface area contributed by atoms with Crippen LogP contribution in [0.5, 0.6) is 5.75 Å². The summed E-state index contributed by atoms with van der Waals surface area (Å²) >= 11 is 0. The van der Waals surface area contributed by atoms with E-state index in [1.54, 1.807) is 7.11 Å². The lowest BCUT2D eigenvalue weighted by Crippen LogP contribution is -2.30. The van der Waals surface area contributed by atoms with Crippen LogP contribution in [0.2, 0.25) is 0 Å². The van der Waals surface area contributed by atoms with E-state index in [0.29, 0.717) is 6.61 Å². The molecule has 0 atom stereocenters. The predicted octanol–water partition coefficient (Wildman–Crippen LogP) is 2.89. The van der Waals surface area contributed by atoms with Gasteiger partial charge in [-0.3, -0.25) is 4.99 Å². The van der Waals surface area contributed by atoms with Crippen LogP contribution in [-0.2, 0) is 4.74 Å². The van der Waals surface area contributed by atoms with Crippen LogP contribution in [-0.4, -0.2) is 39.4 Å². The first-order valence-corrected chi connectivity index (χ1v) is 8.09. The van der Waals surface area contributed by atoms with Crippen LogP contribution in [0.3, 0.4) is 0 Å². The summed E-state index contributed by atoms with van der Waals surface area (Å²) in [5.74, 6) is 2.48. The normalized spacial score (nSPS) is 14.7. The van der Waals surface area contributed by atoms with Gasteiger partial charge in [-0.25, -0.2) is 0 Å². The zero-order chi connectivity index (χ0) is 15.6. The van der Waals surface area contributed by atoms with E-state index in [-0.39, 0.29) is 0 Å². The van der Waals surface area contributed by atoms with Gasteiger partial charge in [-0.15, -0.1) is 0 Å². The highest BCUT2D eigenvalue weighted by Crippen LogP contribution is 2.28. The van der Waals surface area contributed by atoms with Crippen LogP contribution in [0.1, 0.15) is 26.2 Å². The minimum absolute atomic E-state index is 0.660. The Morgan fingerprint density at radius 3 is 2.91 bits per heavy atom. The van der Waals surface area contributed by atoms with Crippen molar-refractivity contribution in [2.24, 2.45) is 10.9 Å². The third-order valence-corrected chi connectivity index (χ3v) is 3.41. The van der Waals surface area contributed by atoms with Crippen molar-refractivity contribution in [1.29, 1.82) is 0 Å². The summed E-state index contributed by atoms with van der Waals surface area (Å²) in [5, 5.41) is 6.61. The number of methoxy groups -OCH3 is 1. The van der Waals surface area contributed by atoms with Gasteiger partial charge in [0.1, 0.15) is 5.75 Å². The number of anilines is 1. The summed E-state index contributed by atoms with van der Waals surface area (Å²) in [6.45, 7) is 5.21. The van der Waals surface area contributed by atoms with Crippen LogP contribution in [0, 0.1) is 5.92 Å². The fourth-order valence-corrected chi connectivity index (χ4v) is 2.02. The van der Waals surface area contributed by atoms with Gasteiger partial charge in [-0.1, -0.05) is 6.07 Å². The van der Waals surface area contributed by atoms with Gasteiger partial charge in [0.2, 0.25) is 0 Å². The largest absolute Gasteiger partial charge is 0.493 e. The van der Waals surface area contributed by atoms with Crippen LogP contribution in [0.25, 0.3) is 0 Å². The number of nitrogens with zero attached hydrogens (tertiary/aromatic N) is 1. The van der Waals surface area contributed by atoms with Crippen molar-refractivity contribution in [2.45, 2.75) is 26.2 Å². The van der Waals surface area contributed by atoms with E-state index in [1.807, 2.05) is 24.3 Å². The van der Waals surface area contributed by atoms with E-state index < -0.39 is 0 Å². The molecule has 0 amide bonds. The van der Waals surface area contributed by atoms with Crippen molar-refractivity contribution in [3.63, 3.8) is 0 Å². The molecule has 2 N–H and O–H groups in total. The molecule has 22 heavy (non-hydrogen) atoms. The van der Waals surface area contributed by atoms with Gasteiger partial charge in [0, 0.05) is 45.0 Å². The Balaban J connectivity index is 1.87. The maximum absolute atomic E-state index is 5.72. The molecule has 1 aliphatic carbocycles. The van der Waals surface area contributed by atoms with Gasteiger partial charge in [0.05, 0.1) is 6.61 Å². The Bertz CT molecular complexity index is 473. The molecule has 0 unspecified atom stereocenters. The average Bonchev–Trinajstić information content (AvgIpc) is 3.34. The van der Waals surface area contributed by atoms with Crippen LogP contribution in [0.4, 0.5) is 5.69 Å². The Morgan fingerprint density at radius 1 is 1.32 bits per heavy atom. The molecule has 5 nitrogen and oxygen atoms in total. The molecule has 122 valence electrons. The van der Waals surface area contributed by atoms with E-state index in [9.17, 15) is 0 Å². The summed E-state index contributed by atoms with van der Waals surface area (Å²) in [4.78, 5) is 4.62. The molecule has 1 aromatic carbocycles. The zero-order valence-corrected chi connectivity index (χ0v) is 13.6. The zero-order valence-electron chi connectivity index (χ0n) is 13.6. The summed E-state index contributed by atoms with van der Waals surface area (Å²) in [6, 6.07) is 7.97. The second-order valence-electron chi connectivity index (χ2n) is 5.51. The van der Waals surface area contributed by atoms with E-state index in [2.05, 4.69) is 22.5 Å². The predicted molar refractivity (Wildman–Crippen MR) is 90.8 cm³/mol. The molecule has 0 bridgehead atoms. The summed E-state index contributed by atoms with van der Waals surface area (Å²) in [6.07, 6.45) is 3.51. The molecule has 1 fully saturated rings. The Kier molecular flexibility index (Phi) is 7.03. The molecule has 0 aromatic heterocycles. The summed E-state index contributed by atoms with van der Waals surface area (Å²) in [5.41, 5.74) is 0.986. The highest BCUT2D eigenvalue weighted by molar-refractivity contribution is 5.93. The minimum Gasteiger partial charge on any atom is -0.493 e. The van der Waals surface area contributed by atoms with Gasteiger partial charge in [-0.2, -0.15) is 0 Å². The van der Waals surface area contributed by atoms with Crippen LogP contribution < -0.4 is 15.4 Å². The lowest BCUT2D eigenvalue weighted by atomic mass is 10.3. The van der Waals surface area contributed by atoms with Crippen molar-refractivity contribution in [3.05, 3.63) is 24.3 Å². The third kappa shape index (κ3) is 6.35. The summed E-state index contributed by atoms with van der Waals surface area (Å²) < 4.78 is 10.7. The van der Waals surface area contributed by atoms with E-state index >= 15 is 0 Å².